The molecular weight excluding hydrogens is 332 g/mol. The van der Waals surface area contributed by atoms with Crippen LogP contribution in [0.2, 0.25) is 0 Å². The van der Waals surface area contributed by atoms with Crippen molar-refractivity contribution in [3.8, 4) is 5.75 Å². The number of ether oxygens (including phenoxy) is 2. The predicted octanol–water partition coefficient (Wildman–Crippen LogP) is 0.327. The zero-order chi connectivity index (χ0) is 17.2. The molecule has 7 nitrogen and oxygen atoms in total. The molecule has 0 radical (unpaired) electrons. The molecule has 0 aromatic heterocycles. The second-order valence-corrected chi connectivity index (χ2v) is 8.01. The minimum absolute atomic E-state index is 0.164. The van der Waals surface area contributed by atoms with Crippen LogP contribution in [0.15, 0.2) is 30.3 Å². The van der Waals surface area contributed by atoms with Crippen molar-refractivity contribution in [2.75, 3.05) is 39.1 Å². The fourth-order valence-electron chi connectivity index (χ4n) is 3.13. The molecule has 2 aliphatic rings. The van der Waals surface area contributed by atoms with Crippen LogP contribution in [0.1, 0.15) is 6.42 Å². The zero-order valence-corrected chi connectivity index (χ0v) is 14.4. The monoisotopic (exact) mass is 354 g/mol. The van der Waals surface area contributed by atoms with E-state index in [9.17, 15) is 13.2 Å². The summed E-state index contributed by atoms with van der Waals surface area (Å²) in [6.07, 6.45) is 1.16. The van der Waals surface area contributed by atoms with Gasteiger partial charge in [-0.1, -0.05) is 18.2 Å². The van der Waals surface area contributed by atoms with Gasteiger partial charge in [0.25, 0.3) is 0 Å². The van der Waals surface area contributed by atoms with Crippen molar-refractivity contribution in [3.63, 3.8) is 0 Å². The van der Waals surface area contributed by atoms with Crippen molar-refractivity contribution in [2.45, 2.75) is 18.6 Å². The Morgan fingerprint density at radius 1 is 1.21 bits per heavy atom. The molecule has 2 atom stereocenters. The number of nitrogens with zero attached hydrogens (tertiary/aromatic N) is 2. The van der Waals surface area contributed by atoms with Crippen LogP contribution < -0.4 is 4.74 Å². The SMILES string of the molecule is CS(=O)(=O)N1C[C@@H](Oc2ccccc2)C[C@H]1C(=O)N1CCOCC1. The van der Waals surface area contributed by atoms with Gasteiger partial charge in [-0.3, -0.25) is 4.79 Å². The predicted molar refractivity (Wildman–Crippen MR) is 88.2 cm³/mol. The number of amides is 1. The Bertz CT molecular complexity index is 673. The number of rotatable bonds is 4. The highest BCUT2D eigenvalue weighted by Crippen LogP contribution is 2.26. The average Bonchev–Trinajstić information content (AvgIpc) is 3.00. The fourth-order valence-corrected chi connectivity index (χ4v) is 4.21. The van der Waals surface area contributed by atoms with E-state index in [0.717, 1.165) is 6.26 Å². The van der Waals surface area contributed by atoms with Crippen LogP contribution in [0.25, 0.3) is 0 Å². The first kappa shape index (κ1) is 17.2. The maximum absolute atomic E-state index is 12.8. The molecule has 3 rings (SSSR count). The molecule has 0 spiro atoms. The first-order valence-electron chi connectivity index (χ1n) is 8.00. The summed E-state index contributed by atoms with van der Waals surface area (Å²) in [4.78, 5) is 14.4. The Hall–Kier alpha value is -1.64. The third kappa shape index (κ3) is 3.88. The third-order valence-corrected chi connectivity index (χ3v) is 5.55. The van der Waals surface area contributed by atoms with E-state index < -0.39 is 16.1 Å². The van der Waals surface area contributed by atoms with Gasteiger partial charge in [-0.25, -0.2) is 8.42 Å². The number of carbonyl (C=O) groups excluding carboxylic acids is 1. The van der Waals surface area contributed by atoms with E-state index in [0.29, 0.717) is 38.5 Å². The van der Waals surface area contributed by atoms with Crippen LogP contribution in [0.3, 0.4) is 0 Å². The molecule has 2 heterocycles. The van der Waals surface area contributed by atoms with Gasteiger partial charge in [0.05, 0.1) is 26.0 Å². The van der Waals surface area contributed by atoms with E-state index in [2.05, 4.69) is 0 Å². The van der Waals surface area contributed by atoms with Crippen LogP contribution in [0, 0.1) is 0 Å². The van der Waals surface area contributed by atoms with E-state index in [1.54, 1.807) is 4.90 Å². The number of carbonyl (C=O) groups is 1. The van der Waals surface area contributed by atoms with Crippen molar-refractivity contribution < 1.29 is 22.7 Å². The lowest BCUT2D eigenvalue weighted by molar-refractivity contribution is -0.138. The Balaban J connectivity index is 1.74. The van der Waals surface area contributed by atoms with Gasteiger partial charge in [-0.15, -0.1) is 0 Å². The number of hydrogen-bond donors (Lipinski definition) is 0. The summed E-state index contributed by atoms with van der Waals surface area (Å²) >= 11 is 0. The maximum Gasteiger partial charge on any atom is 0.241 e. The molecule has 8 heteroatoms. The van der Waals surface area contributed by atoms with E-state index >= 15 is 0 Å². The Labute approximate surface area is 142 Å². The van der Waals surface area contributed by atoms with Crippen LogP contribution in [0.4, 0.5) is 0 Å². The van der Waals surface area contributed by atoms with Gasteiger partial charge < -0.3 is 14.4 Å². The fraction of sp³-hybridized carbons (Fsp3) is 0.562. The molecule has 2 aliphatic heterocycles. The third-order valence-electron chi connectivity index (χ3n) is 4.30. The van der Waals surface area contributed by atoms with Crippen LogP contribution in [0.5, 0.6) is 5.75 Å². The summed E-state index contributed by atoms with van der Waals surface area (Å²) in [5, 5.41) is 0. The minimum atomic E-state index is -3.49. The number of para-hydroxylation sites is 1. The second-order valence-electron chi connectivity index (χ2n) is 6.07. The van der Waals surface area contributed by atoms with E-state index in [-0.39, 0.29) is 18.6 Å². The van der Waals surface area contributed by atoms with Crippen molar-refractivity contribution in [3.05, 3.63) is 30.3 Å². The molecule has 0 aliphatic carbocycles. The normalized spacial score (nSPS) is 25.6. The zero-order valence-electron chi connectivity index (χ0n) is 13.6. The highest BCUT2D eigenvalue weighted by molar-refractivity contribution is 7.88. The van der Waals surface area contributed by atoms with Gasteiger partial charge in [0.15, 0.2) is 0 Å². The van der Waals surface area contributed by atoms with Crippen molar-refractivity contribution >= 4 is 15.9 Å². The lowest BCUT2D eigenvalue weighted by atomic mass is 10.1. The summed E-state index contributed by atoms with van der Waals surface area (Å²) in [6, 6.07) is 8.54. The number of hydrogen-bond acceptors (Lipinski definition) is 5. The highest BCUT2D eigenvalue weighted by Gasteiger charge is 2.44. The largest absolute Gasteiger partial charge is 0.489 e. The highest BCUT2D eigenvalue weighted by atomic mass is 32.2. The molecule has 24 heavy (non-hydrogen) atoms. The number of benzene rings is 1. The lowest BCUT2D eigenvalue weighted by Gasteiger charge is -2.31. The Kier molecular flexibility index (Phi) is 5.07. The molecule has 1 aromatic rings. The molecular formula is C16H22N2O5S. The first-order chi connectivity index (χ1) is 11.4. The van der Waals surface area contributed by atoms with E-state index in [1.807, 2.05) is 30.3 Å². The van der Waals surface area contributed by atoms with Gasteiger partial charge >= 0.3 is 0 Å². The number of sulfonamides is 1. The summed E-state index contributed by atoms with van der Waals surface area (Å²) in [5.74, 6) is 0.512. The summed E-state index contributed by atoms with van der Waals surface area (Å²) < 4.78 is 36.6. The molecule has 2 fully saturated rings. The smallest absolute Gasteiger partial charge is 0.241 e. The first-order valence-corrected chi connectivity index (χ1v) is 9.85. The Morgan fingerprint density at radius 2 is 1.88 bits per heavy atom. The molecule has 0 saturated carbocycles. The lowest BCUT2D eigenvalue weighted by Crippen LogP contribution is -2.50. The van der Waals surface area contributed by atoms with E-state index in [4.69, 9.17) is 9.47 Å². The molecule has 0 unspecified atom stereocenters. The molecule has 0 bridgehead atoms. The van der Waals surface area contributed by atoms with Crippen LogP contribution in [-0.2, 0) is 19.6 Å². The summed E-state index contributed by atoms with van der Waals surface area (Å²) in [6.45, 7) is 2.16. The standard InChI is InChI=1S/C16H22N2O5S/c1-24(20,21)18-12-14(23-13-5-3-2-4-6-13)11-15(18)16(19)17-7-9-22-10-8-17/h2-6,14-15H,7-12H2,1H3/t14-,15-/m0/s1. The van der Waals surface area contributed by atoms with Crippen molar-refractivity contribution in [1.29, 1.82) is 0 Å². The maximum atomic E-state index is 12.8. The van der Waals surface area contributed by atoms with Crippen LogP contribution >= 0.6 is 0 Å². The topological polar surface area (TPSA) is 76.2 Å². The van der Waals surface area contributed by atoms with Crippen LogP contribution in [-0.4, -0.2) is 74.8 Å². The van der Waals surface area contributed by atoms with Crippen molar-refractivity contribution in [1.82, 2.24) is 9.21 Å². The molecule has 1 amide bonds. The molecule has 2 saturated heterocycles. The second kappa shape index (κ2) is 7.08. The van der Waals surface area contributed by atoms with Gasteiger partial charge in [0.1, 0.15) is 17.9 Å². The number of morpholine rings is 1. The average molecular weight is 354 g/mol. The summed E-state index contributed by atoms with van der Waals surface area (Å²) in [7, 11) is -3.49. The molecule has 132 valence electrons. The molecule has 0 N–H and O–H groups in total. The Morgan fingerprint density at radius 3 is 2.50 bits per heavy atom. The molecule has 1 aromatic carbocycles. The van der Waals surface area contributed by atoms with Gasteiger partial charge in [0.2, 0.25) is 15.9 Å². The van der Waals surface area contributed by atoms with E-state index in [1.165, 1.54) is 4.31 Å². The van der Waals surface area contributed by atoms with Gasteiger partial charge in [-0.2, -0.15) is 4.31 Å². The quantitative estimate of drug-likeness (QED) is 0.779. The van der Waals surface area contributed by atoms with Crippen molar-refractivity contribution in [2.24, 2.45) is 0 Å². The minimum Gasteiger partial charge on any atom is -0.489 e. The van der Waals surface area contributed by atoms with Gasteiger partial charge in [0, 0.05) is 19.5 Å². The summed E-state index contributed by atoms with van der Waals surface area (Å²) in [5.41, 5.74) is 0. The van der Waals surface area contributed by atoms with Gasteiger partial charge in [-0.05, 0) is 12.1 Å².